The summed E-state index contributed by atoms with van der Waals surface area (Å²) in [6, 6.07) is 7.77. The van der Waals surface area contributed by atoms with Crippen molar-refractivity contribution in [1.82, 2.24) is 0 Å². The van der Waals surface area contributed by atoms with E-state index in [4.69, 9.17) is 5.11 Å². The number of anilines is 1. The van der Waals surface area contributed by atoms with Crippen molar-refractivity contribution in [1.29, 1.82) is 0 Å². The van der Waals surface area contributed by atoms with Crippen molar-refractivity contribution in [3.05, 3.63) is 29.8 Å². The molecule has 0 aliphatic rings. The van der Waals surface area contributed by atoms with Gasteiger partial charge in [-0.05, 0) is 30.0 Å². The highest BCUT2D eigenvalue weighted by molar-refractivity contribution is 5.75. The van der Waals surface area contributed by atoms with E-state index in [0.717, 1.165) is 12.1 Å². The van der Waals surface area contributed by atoms with Crippen LogP contribution < -0.4 is 4.90 Å². The summed E-state index contributed by atoms with van der Waals surface area (Å²) in [6.07, 6.45) is 1.28. The monoisotopic (exact) mass is 249 g/mol. The van der Waals surface area contributed by atoms with E-state index in [1.54, 1.807) is 0 Å². The molecule has 0 radical (unpaired) electrons. The second-order valence-electron chi connectivity index (χ2n) is 4.54. The van der Waals surface area contributed by atoms with E-state index in [0.29, 0.717) is 18.9 Å². The van der Waals surface area contributed by atoms with Gasteiger partial charge in [0.1, 0.15) is 0 Å². The minimum atomic E-state index is -0.837. The van der Waals surface area contributed by atoms with Gasteiger partial charge in [0.05, 0.1) is 0 Å². The van der Waals surface area contributed by atoms with E-state index in [1.165, 1.54) is 10.5 Å². The van der Waals surface area contributed by atoms with Crippen molar-refractivity contribution < 1.29 is 14.7 Å². The quantitative estimate of drug-likeness (QED) is 0.756. The largest absolute Gasteiger partial charge is 0.481 e. The Morgan fingerprint density at radius 1 is 1.33 bits per heavy atom. The lowest BCUT2D eigenvalue weighted by Gasteiger charge is -2.17. The second-order valence-corrected chi connectivity index (χ2v) is 4.54. The molecule has 4 heteroatoms. The standard InChI is InChI=1S/C14H19NO3/c1-11(2)12-5-7-13(8-6-12)15(10-16)9-3-4-14(17)18/h5-8,10-11H,3-4,9H2,1-2H3,(H,17,18). The zero-order valence-electron chi connectivity index (χ0n) is 10.8. The lowest BCUT2D eigenvalue weighted by atomic mass is 10.0. The number of aliphatic carboxylic acids is 1. The van der Waals surface area contributed by atoms with Gasteiger partial charge < -0.3 is 10.0 Å². The Labute approximate surface area is 107 Å². The first-order valence-corrected chi connectivity index (χ1v) is 6.08. The van der Waals surface area contributed by atoms with Crippen LogP contribution in [0.25, 0.3) is 0 Å². The van der Waals surface area contributed by atoms with Crippen LogP contribution in [0.15, 0.2) is 24.3 Å². The van der Waals surface area contributed by atoms with Gasteiger partial charge >= 0.3 is 5.97 Å². The number of amides is 1. The van der Waals surface area contributed by atoms with E-state index in [-0.39, 0.29) is 6.42 Å². The number of hydrogen-bond acceptors (Lipinski definition) is 2. The highest BCUT2D eigenvalue weighted by Crippen LogP contribution is 2.19. The number of carboxylic acids is 1. The lowest BCUT2D eigenvalue weighted by Crippen LogP contribution is -2.22. The van der Waals surface area contributed by atoms with Crippen molar-refractivity contribution >= 4 is 18.1 Å². The molecule has 1 amide bonds. The van der Waals surface area contributed by atoms with Crippen molar-refractivity contribution in [3.63, 3.8) is 0 Å². The minimum Gasteiger partial charge on any atom is -0.481 e. The van der Waals surface area contributed by atoms with Gasteiger partial charge in [-0.15, -0.1) is 0 Å². The summed E-state index contributed by atoms with van der Waals surface area (Å²) < 4.78 is 0. The molecule has 98 valence electrons. The molecule has 1 rings (SSSR count). The van der Waals surface area contributed by atoms with Gasteiger partial charge in [-0.3, -0.25) is 9.59 Å². The van der Waals surface area contributed by atoms with Crippen molar-refractivity contribution in [2.75, 3.05) is 11.4 Å². The molecule has 1 N–H and O–H groups in total. The highest BCUT2D eigenvalue weighted by atomic mass is 16.4. The van der Waals surface area contributed by atoms with E-state index >= 15 is 0 Å². The molecule has 0 unspecified atom stereocenters. The molecule has 4 nitrogen and oxygen atoms in total. The Balaban J connectivity index is 2.64. The molecule has 0 spiro atoms. The Bertz CT molecular complexity index is 398. The maximum atomic E-state index is 11.0. The smallest absolute Gasteiger partial charge is 0.303 e. The molecule has 1 aromatic carbocycles. The molecule has 0 heterocycles. The Hall–Kier alpha value is -1.84. The molecule has 0 aromatic heterocycles. The van der Waals surface area contributed by atoms with E-state index in [2.05, 4.69) is 13.8 Å². The zero-order chi connectivity index (χ0) is 13.5. The van der Waals surface area contributed by atoms with Gasteiger partial charge in [-0.2, -0.15) is 0 Å². The highest BCUT2D eigenvalue weighted by Gasteiger charge is 2.07. The van der Waals surface area contributed by atoms with E-state index in [1.807, 2.05) is 24.3 Å². The molecule has 0 aliphatic heterocycles. The molecular formula is C14H19NO3. The van der Waals surface area contributed by atoms with Crippen LogP contribution in [-0.4, -0.2) is 24.0 Å². The summed E-state index contributed by atoms with van der Waals surface area (Å²) in [7, 11) is 0. The van der Waals surface area contributed by atoms with Crippen molar-refractivity contribution in [3.8, 4) is 0 Å². The number of carbonyl (C=O) groups is 2. The normalized spacial score (nSPS) is 10.4. The SMILES string of the molecule is CC(C)c1ccc(N(C=O)CCCC(=O)O)cc1. The van der Waals surface area contributed by atoms with Gasteiger partial charge in [0.25, 0.3) is 0 Å². The Morgan fingerprint density at radius 3 is 2.39 bits per heavy atom. The van der Waals surface area contributed by atoms with Crippen LogP contribution in [-0.2, 0) is 9.59 Å². The third kappa shape index (κ3) is 4.20. The van der Waals surface area contributed by atoms with Crippen LogP contribution in [0.5, 0.6) is 0 Å². The molecule has 0 fully saturated rings. The van der Waals surface area contributed by atoms with Crippen LogP contribution in [0.2, 0.25) is 0 Å². The summed E-state index contributed by atoms with van der Waals surface area (Å²) in [5, 5.41) is 8.56. The molecular weight excluding hydrogens is 230 g/mol. The van der Waals surface area contributed by atoms with Crippen molar-refractivity contribution in [2.45, 2.75) is 32.6 Å². The Kier molecular flexibility index (Phi) is 5.36. The summed E-state index contributed by atoms with van der Waals surface area (Å²) in [5.74, 6) is -0.383. The average Bonchev–Trinajstić information content (AvgIpc) is 2.34. The van der Waals surface area contributed by atoms with E-state index < -0.39 is 5.97 Å². The van der Waals surface area contributed by atoms with Gasteiger partial charge in [0.15, 0.2) is 0 Å². The molecule has 0 atom stereocenters. The number of carboxylic acid groups (broad SMARTS) is 1. The average molecular weight is 249 g/mol. The summed E-state index contributed by atoms with van der Waals surface area (Å²) in [6.45, 7) is 4.65. The lowest BCUT2D eigenvalue weighted by molar-refractivity contribution is -0.137. The van der Waals surface area contributed by atoms with Gasteiger partial charge in [-0.1, -0.05) is 26.0 Å². The van der Waals surface area contributed by atoms with Gasteiger partial charge in [0, 0.05) is 18.7 Å². The van der Waals surface area contributed by atoms with Crippen LogP contribution in [0.4, 0.5) is 5.69 Å². The first-order valence-electron chi connectivity index (χ1n) is 6.08. The molecule has 0 saturated carbocycles. The van der Waals surface area contributed by atoms with Crippen molar-refractivity contribution in [2.24, 2.45) is 0 Å². The minimum absolute atomic E-state index is 0.0778. The first kappa shape index (κ1) is 14.2. The molecule has 0 aliphatic carbocycles. The fourth-order valence-corrected chi connectivity index (χ4v) is 1.69. The molecule has 1 aromatic rings. The second kappa shape index (κ2) is 6.79. The van der Waals surface area contributed by atoms with Crippen LogP contribution in [0.3, 0.4) is 0 Å². The fraction of sp³-hybridized carbons (Fsp3) is 0.429. The van der Waals surface area contributed by atoms with Crippen LogP contribution >= 0.6 is 0 Å². The third-order valence-corrected chi connectivity index (χ3v) is 2.81. The summed E-state index contributed by atoms with van der Waals surface area (Å²) >= 11 is 0. The predicted octanol–water partition coefficient (Wildman–Crippen LogP) is 2.64. The Morgan fingerprint density at radius 2 is 1.94 bits per heavy atom. The van der Waals surface area contributed by atoms with Crippen LogP contribution in [0, 0.1) is 0 Å². The maximum absolute atomic E-state index is 11.0. The number of rotatable bonds is 7. The molecule has 0 bridgehead atoms. The van der Waals surface area contributed by atoms with Crippen LogP contribution in [0.1, 0.15) is 38.2 Å². The van der Waals surface area contributed by atoms with E-state index in [9.17, 15) is 9.59 Å². The maximum Gasteiger partial charge on any atom is 0.303 e. The molecule has 18 heavy (non-hydrogen) atoms. The fourth-order valence-electron chi connectivity index (χ4n) is 1.69. The zero-order valence-corrected chi connectivity index (χ0v) is 10.8. The number of benzene rings is 1. The topological polar surface area (TPSA) is 57.6 Å². The number of carbonyl (C=O) groups excluding carboxylic acids is 1. The summed E-state index contributed by atoms with van der Waals surface area (Å²) in [4.78, 5) is 22.9. The number of nitrogens with zero attached hydrogens (tertiary/aromatic N) is 1. The predicted molar refractivity (Wildman–Crippen MR) is 70.8 cm³/mol. The van der Waals surface area contributed by atoms with Gasteiger partial charge in [0.2, 0.25) is 6.41 Å². The van der Waals surface area contributed by atoms with Gasteiger partial charge in [-0.25, -0.2) is 0 Å². The summed E-state index contributed by atoms with van der Waals surface area (Å²) in [5.41, 5.74) is 2.02. The first-order chi connectivity index (χ1) is 8.54. The molecule has 0 saturated heterocycles. The third-order valence-electron chi connectivity index (χ3n) is 2.81. The number of hydrogen-bond donors (Lipinski definition) is 1.